The molecule has 2 N–H and O–H groups in total. The van der Waals surface area contributed by atoms with Crippen LogP contribution in [0, 0.1) is 11.3 Å². The molecular formula is C33H42F6N4O2. The third kappa shape index (κ3) is 8.92. The van der Waals surface area contributed by atoms with Gasteiger partial charge in [0.1, 0.15) is 0 Å². The first kappa shape index (κ1) is 34.6. The fourth-order valence-corrected chi connectivity index (χ4v) is 6.55. The minimum atomic E-state index is -4.91. The van der Waals surface area contributed by atoms with Gasteiger partial charge in [-0.15, -0.1) is 0 Å². The van der Waals surface area contributed by atoms with Crippen molar-refractivity contribution in [1.29, 1.82) is 0 Å². The number of halogens is 6. The average Bonchev–Trinajstić information content (AvgIpc) is 2.96. The van der Waals surface area contributed by atoms with Crippen LogP contribution in [0.2, 0.25) is 0 Å². The lowest BCUT2D eigenvalue weighted by Gasteiger charge is -2.50. The molecule has 2 saturated heterocycles. The van der Waals surface area contributed by atoms with Gasteiger partial charge in [0.25, 0.3) is 0 Å². The molecule has 3 amide bonds. The lowest BCUT2D eigenvalue weighted by atomic mass is 9.82. The Balaban J connectivity index is 1.54. The van der Waals surface area contributed by atoms with E-state index in [2.05, 4.69) is 25.7 Å². The molecule has 0 saturated carbocycles. The number of urea groups is 1. The lowest BCUT2D eigenvalue weighted by Crippen LogP contribution is -2.60. The van der Waals surface area contributed by atoms with E-state index < -0.39 is 29.5 Å². The standard InChI is InChI=1S/C33H42F6N4O2/c1-31(2,3)28-21-42(15-16-43(28)29(44)19-22-11-13-41(14-12-22)30(40)45)27(24-7-5-4-6-8-24)10-9-23-17-25(32(34,35)36)20-26(18-23)33(37,38)39/h4-8,17-18,20,22,27-28H,9-16,19,21H2,1-3H3,(H2,40,45)/t27?,28-/m1/s1. The number of rotatable bonds is 7. The Bertz CT molecular complexity index is 1280. The van der Waals surface area contributed by atoms with Crippen LogP contribution >= 0.6 is 0 Å². The lowest BCUT2D eigenvalue weighted by molar-refractivity contribution is -0.143. The van der Waals surface area contributed by atoms with Crippen molar-refractivity contribution in [3.63, 3.8) is 0 Å². The van der Waals surface area contributed by atoms with Crippen LogP contribution in [0.15, 0.2) is 48.5 Å². The van der Waals surface area contributed by atoms with Gasteiger partial charge in [0.2, 0.25) is 5.91 Å². The third-order valence-corrected chi connectivity index (χ3v) is 9.10. The molecule has 2 aromatic rings. The van der Waals surface area contributed by atoms with Gasteiger partial charge in [-0.05, 0) is 66.3 Å². The van der Waals surface area contributed by atoms with Crippen LogP contribution in [-0.4, -0.2) is 65.4 Å². The van der Waals surface area contributed by atoms with Gasteiger partial charge >= 0.3 is 18.4 Å². The number of primary amides is 1. The van der Waals surface area contributed by atoms with E-state index in [1.54, 1.807) is 4.90 Å². The largest absolute Gasteiger partial charge is 0.416 e. The number of nitrogens with zero attached hydrogens (tertiary/aromatic N) is 3. The molecule has 45 heavy (non-hydrogen) atoms. The van der Waals surface area contributed by atoms with Crippen molar-refractivity contribution < 1.29 is 35.9 Å². The molecule has 2 aliphatic rings. The summed E-state index contributed by atoms with van der Waals surface area (Å²) in [6.45, 7) is 8.70. The number of benzene rings is 2. The van der Waals surface area contributed by atoms with E-state index in [9.17, 15) is 35.9 Å². The van der Waals surface area contributed by atoms with Crippen LogP contribution in [0.4, 0.5) is 31.1 Å². The fraction of sp³-hybridized carbons (Fsp3) is 0.576. The van der Waals surface area contributed by atoms with Crippen LogP contribution in [0.1, 0.15) is 74.8 Å². The predicted molar refractivity (Wildman–Crippen MR) is 159 cm³/mol. The highest BCUT2D eigenvalue weighted by molar-refractivity contribution is 5.77. The van der Waals surface area contributed by atoms with Gasteiger partial charge in [0.05, 0.1) is 11.1 Å². The highest BCUT2D eigenvalue weighted by Crippen LogP contribution is 2.38. The predicted octanol–water partition coefficient (Wildman–Crippen LogP) is 7.14. The van der Waals surface area contributed by atoms with Gasteiger partial charge in [-0.25, -0.2) is 4.79 Å². The van der Waals surface area contributed by atoms with E-state index in [4.69, 9.17) is 5.73 Å². The van der Waals surface area contributed by atoms with Gasteiger partial charge in [-0.1, -0.05) is 51.1 Å². The van der Waals surface area contributed by atoms with Crippen molar-refractivity contribution in [2.45, 2.75) is 77.3 Å². The number of aryl methyl sites for hydroxylation is 1. The van der Waals surface area contributed by atoms with Crippen LogP contribution in [0.25, 0.3) is 0 Å². The maximum absolute atomic E-state index is 13.6. The first-order valence-electron chi connectivity index (χ1n) is 15.3. The second-order valence-corrected chi connectivity index (χ2v) is 13.3. The molecule has 12 heteroatoms. The molecule has 6 nitrogen and oxygen atoms in total. The minimum absolute atomic E-state index is 0.00981. The van der Waals surface area contributed by atoms with Crippen LogP contribution in [-0.2, 0) is 23.6 Å². The molecule has 0 bridgehead atoms. The summed E-state index contributed by atoms with van der Waals surface area (Å²) in [7, 11) is 0. The van der Waals surface area contributed by atoms with Crippen LogP contribution in [0.3, 0.4) is 0 Å². The number of carbonyl (C=O) groups is 2. The first-order chi connectivity index (χ1) is 20.9. The van der Waals surface area contributed by atoms with Crippen molar-refractivity contribution >= 4 is 11.9 Å². The number of hydrogen-bond acceptors (Lipinski definition) is 3. The second kappa shape index (κ2) is 13.6. The molecular weight excluding hydrogens is 598 g/mol. The van der Waals surface area contributed by atoms with Crippen molar-refractivity contribution in [3.05, 3.63) is 70.8 Å². The molecule has 2 aliphatic heterocycles. The number of alkyl halides is 6. The number of hydrogen-bond donors (Lipinski definition) is 1. The van der Waals surface area contributed by atoms with E-state index in [-0.39, 0.29) is 47.4 Å². The monoisotopic (exact) mass is 640 g/mol. The molecule has 2 atom stereocenters. The number of piperazine rings is 1. The van der Waals surface area contributed by atoms with Crippen LogP contribution < -0.4 is 5.73 Å². The molecule has 2 fully saturated rings. The number of nitrogens with two attached hydrogens (primary N) is 1. The zero-order valence-electron chi connectivity index (χ0n) is 25.9. The zero-order valence-corrected chi connectivity index (χ0v) is 25.9. The summed E-state index contributed by atoms with van der Waals surface area (Å²) < 4.78 is 81.1. The summed E-state index contributed by atoms with van der Waals surface area (Å²) in [5.41, 5.74) is 3.35. The normalized spacial score (nSPS) is 19.9. The zero-order chi connectivity index (χ0) is 33.2. The van der Waals surface area contributed by atoms with Gasteiger partial charge in [0.15, 0.2) is 0 Å². The van der Waals surface area contributed by atoms with Crippen molar-refractivity contribution in [1.82, 2.24) is 14.7 Å². The van der Waals surface area contributed by atoms with E-state index in [1.165, 1.54) is 0 Å². The SMILES string of the molecule is CC(C)(C)[C@H]1CN(C(CCc2cc(C(F)(F)F)cc(C(F)(F)F)c2)c2ccccc2)CCN1C(=O)CC1CCN(C(N)=O)CC1. The minimum Gasteiger partial charge on any atom is -0.351 e. The molecule has 1 unspecified atom stereocenters. The van der Waals surface area contributed by atoms with E-state index in [0.29, 0.717) is 58.4 Å². The Morgan fingerprint density at radius 3 is 1.96 bits per heavy atom. The summed E-state index contributed by atoms with van der Waals surface area (Å²) in [4.78, 5) is 30.9. The second-order valence-electron chi connectivity index (χ2n) is 13.3. The average molecular weight is 641 g/mol. The Morgan fingerprint density at radius 1 is 0.867 bits per heavy atom. The van der Waals surface area contributed by atoms with Crippen molar-refractivity contribution in [2.75, 3.05) is 32.7 Å². The van der Waals surface area contributed by atoms with Gasteiger partial charge in [-0.3, -0.25) is 9.69 Å². The fourth-order valence-electron chi connectivity index (χ4n) is 6.55. The molecule has 0 aromatic heterocycles. The molecule has 0 spiro atoms. The summed E-state index contributed by atoms with van der Waals surface area (Å²) >= 11 is 0. The summed E-state index contributed by atoms with van der Waals surface area (Å²) in [5, 5.41) is 0. The number of carbonyl (C=O) groups excluding carboxylic acids is 2. The molecule has 0 aliphatic carbocycles. The molecule has 248 valence electrons. The summed E-state index contributed by atoms with van der Waals surface area (Å²) in [6, 6.07) is 10.3. The number of amides is 3. The smallest absolute Gasteiger partial charge is 0.351 e. The quantitative estimate of drug-likeness (QED) is 0.327. The highest BCUT2D eigenvalue weighted by Gasteiger charge is 2.41. The molecule has 2 heterocycles. The van der Waals surface area contributed by atoms with E-state index >= 15 is 0 Å². The van der Waals surface area contributed by atoms with Gasteiger partial charge in [-0.2, -0.15) is 26.3 Å². The molecule has 4 rings (SSSR count). The van der Waals surface area contributed by atoms with Gasteiger partial charge in [0, 0.05) is 51.2 Å². The first-order valence-corrected chi connectivity index (χ1v) is 15.3. The summed E-state index contributed by atoms with van der Waals surface area (Å²) in [6.07, 6.45) is -7.72. The molecule has 2 aromatic carbocycles. The maximum atomic E-state index is 13.6. The molecule has 0 radical (unpaired) electrons. The van der Waals surface area contributed by atoms with Crippen molar-refractivity contribution in [3.8, 4) is 0 Å². The number of likely N-dealkylation sites (tertiary alicyclic amines) is 1. The Morgan fingerprint density at radius 2 is 1.44 bits per heavy atom. The number of piperidine rings is 1. The topological polar surface area (TPSA) is 69.9 Å². The maximum Gasteiger partial charge on any atom is 0.416 e. The van der Waals surface area contributed by atoms with Crippen LogP contribution in [0.5, 0.6) is 0 Å². The van der Waals surface area contributed by atoms with Gasteiger partial charge < -0.3 is 15.5 Å². The Kier molecular flexibility index (Phi) is 10.5. The van der Waals surface area contributed by atoms with E-state index in [1.807, 2.05) is 35.2 Å². The Labute approximate surface area is 260 Å². The summed E-state index contributed by atoms with van der Waals surface area (Å²) in [5.74, 6) is 0.199. The third-order valence-electron chi connectivity index (χ3n) is 9.10. The highest BCUT2D eigenvalue weighted by atomic mass is 19.4. The van der Waals surface area contributed by atoms with E-state index in [0.717, 1.165) is 17.7 Å². The van der Waals surface area contributed by atoms with Crippen molar-refractivity contribution in [2.24, 2.45) is 17.1 Å². The Hall–Kier alpha value is -3.28.